The van der Waals surface area contributed by atoms with Crippen molar-refractivity contribution in [1.82, 2.24) is 9.55 Å². The predicted molar refractivity (Wildman–Crippen MR) is 61.7 cm³/mol. The minimum absolute atomic E-state index is 0.241. The van der Waals surface area contributed by atoms with Crippen LogP contribution in [0, 0.1) is 0 Å². The summed E-state index contributed by atoms with van der Waals surface area (Å²) in [6.45, 7) is 0. The van der Waals surface area contributed by atoms with Crippen molar-refractivity contribution in [3.63, 3.8) is 0 Å². The maximum Gasteiger partial charge on any atom is 0.313 e. The van der Waals surface area contributed by atoms with Gasteiger partial charge < -0.3 is 9.30 Å². The molecule has 5 nitrogen and oxygen atoms in total. The number of methoxy groups -OCH3 is 1. The second kappa shape index (κ2) is 4.37. The minimum Gasteiger partial charge on any atom is -0.469 e. The maximum atomic E-state index is 11.7. The molecule has 0 bridgehead atoms. The van der Waals surface area contributed by atoms with Gasteiger partial charge in [-0.05, 0) is 18.2 Å². The second-order valence-corrected chi connectivity index (χ2v) is 3.74. The van der Waals surface area contributed by atoms with Gasteiger partial charge in [0.2, 0.25) is 0 Å². The van der Waals surface area contributed by atoms with Crippen LogP contribution in [0.5, 0.6) is 0 Å². The number of nitrogens with zero attached hydrogens (tertiary/aromatic N) is 2. The van der Waals surface area contributed by atoms with Gasteiger partial charge in [-0.1, -0.05) is 0 Å². The topological polar surface area (TPSA) is 61.2 Å². The van der Waals surface area contributed by atoms with E-state index in [9.17, 15) is 9.59 Å². The molecule has 0 spiro atoms. The molecule has 0 atom stereocenters. The molecular weight excluding hydrogens is 220 g/mol. The fourth-order valence-electron chi connectivity index (χ4n) is 1.61. The van der Waals surface area contributed by atoms with Crippen LogP contribution in [0.1, 0.15) is 16.8 Å². The lowest BCUT2D eigenvalue weighted by Crippen LogP contribution is -2.09. The van der Waals surface area contributed by atoms with E-state index in [0.717, 1.165) is 11.0 Å². The summed E-state index contributed by atoms with van der Waals surface area (Å²) in [7, 11) is 3.14. The molecule has 5 heteroatoms. The molecule has 17 heavy (non-hydrogen) atoms. The van der Waals surface area contributed by atoms with Crippen LogP contribution in [-0.4, -0.2) is 28.4 Å². The third-order valence-electron chi connectivity index (χ3n) is 2.58. The van der Waals surface area contributed by atoms with Crippen LogP contribution >= 0.6 is 0 Å². The van der Waals surface area contributed by atoms with Gasteiger partial charge in [-0.15, -0.1) is 0 Å². The molecule has 0 fully saturated rings. The molecule has 0 aliphatic rings. The summed E-state index contributed by atoms with van der Waals surface area (Å²) in [6.07, 6.45) is 1.44. The Bertz CT molecular complexity index is 586. The molecule has 1 aromatic heterocycles. The molecule has 1 aromatic carbocycles. The predicted octanol–water partition coefficient (Wildman–Crippen LogP) is 1.32. The number of esters is 1. The van der Waals surface area contributed by atoms with E-state index >= 15 is 0 Å². The Morgan fingerprint density at radius 2 is 2.18 bits per heavy atom. The van der Waals surface area contributed by atoms with Crippen molar-refractivity contribution in [2.45, 2.75) is 6.42 Å². The van der Waals surface area contributed by atoms with Gasteiger partial charge in [0.1, 0.15) is 6.42 Å². The molecule has 0 radical (unpaired) electrons. The second-order valence-electron chi connectivity index (χ2n) is 3.74. The van der Waals surface area contributed by atoms with Crippen molar-refractivity contribution in [1.29, 1.82) is 0 Å². The SMILES string of the molecule is COC(=O)CC(=O)c1ccc2c(c1)ncn2C. The fraction of sp³-hybridized carbons (Fsp3) is 0.250. The molecule has 1 heterocycles. The summed E-state index contributed by atoms with van der Waals surface area (Å²) >= 11 is 0. The first-order valence-electron chi connectivity index (χ1n) is 5.13. The molecular formula is C12H12N2O3. The van der Waals surface area contributed by atoms with Crippen LogP contribution < -0.4 is 0 Å². The zero-order chi connectivity index (χ0) is 12.4. The normalized spacial score (nSPS) is 10.5. The van der Waals surface area contributed by atoms with E-state index in [0.29, 0.717) is 5.56 Å². The zero-order valence-corrected chi connectivity index (χ0v) is 9.64. The van der Waals surface area contributed by atoms with E-state index in [1.165, 1.54) is 7.11 Å². The Kier molecular flexibility index (Phi) is 2.91. The van der Waals surface area contributed by atoms with Crippen molar-refractivity contribution >= 4 is 22.8 Å². The van der Waals surface area contributed by atoms with E-state index < -0.39 is 5.97 Å². The average molecular weight is 232 g/mol. The standard InChI is InChI=1S/C12H12N2O3/c1-14-7-13-9-5-8(3-4-10(9)14)11(15)6-12(16)17-2/h3-5,7H,6H2,1-2H3. The average Bonchev–Trinajstić information content (AvgIpc) is 2.70. The third kappa shape index (κ3) is 2.18. The molecule has 0 aliphatic heterocycles. The number of aromatic nitrogens is 2. The van der Waals surface area contributed by atoms with Crippen molar-refractivity contribution in [3.05, 3.63) is 30.1 Å². The van der Waals surface area contributed by atoms with E-state index in [4.69, 9.17) is 0 Å². The van der Waals surface area contributed by atoms with E-state index in [1.54, 1.807) is 18.5 Å². The quantitative estimate of drug-likeness (QED) is 0.455. The molecule has 0 N–H and O–H groups in total. The summed E-state index contributed by atoms with van der Waals surface area (Å²) in [6, 6.07) is 5.18. The molecule has 0 saturated carbocycles. The maximum absolute atomic E-state index is 11.7. The number of hydrogen-bond donors (Lipinski definition) is 0. The monoisotopic (exact) mass is 232 g/mol. The van der Waals surface area contributed by atoms with Crippen molar-refractivity contribution < 1.29 is 14.3 Å². The van der Waals surface area contributed by atoms with Crippen LogP contribution in [0.25, 0.3) is 11.0 Å². The number of ether oxygens (including phenoxy) is 1. The highest BCUT2D eigenvalue weighted by molar-refractivity contribution is 6.07. The van der Waals surface area contributed by atoms with Gasteiger partial charge in [0.25, 0.3) is 0 Å². The Balaban J connectivity index is 2.30. The van der Waals surface area contributed by atoms with Gasteiger partial charge >= 0.3 is 5.97 Å². The number of ketones is 1. The van der Waals surface area contributed by atoms with E-state index in [-0.39, 0.29) is 12.2 Å². The Hall–Kier alpha value is -2.17. The van der Waals surface area contributed by atoms with Gasteiger partial charge in [0.15, 0.2) is 5.78 Å². The highest BCUT2D eigenvalue weighted by atomic mass is 16.5. The first-order chi connectivity index (χ1) is 8.11. The number of carbonyl (C=O) groups is 2. The van der Waals surface area contributed by atoms with Crippen LogP contribution in [-0.2, 0) is 16.6 Å². The molecule has 0 unspecified atom stereocenters. The third-order valence-corrected chi connectivity index (χ3v) is 2.58. The van der Waals surface area contributed by atoms with Gasteiger partial charge in [-0.2, -0.15) is 0 Å². The molecule has 0 aliphatic carbocycles. The summed E-state index contributed by atoms with van der Waals surface area (Å²) < 4.78 is 6.32. The lowest BCUT2D eigenvalue weighted by atomic mass is 10.1. The zero-order valence-electron chi connectivity index (χ0n) is 9.64. The molecule has 0 saturated heterocycles. The molecule has 88 valence electrons. The Morgan fingerprint density at radius 1 is 1.41 bits per heavy atom. The van der Waals surface area contributed by atoms with Gasteiger partial charge in [0.05, 0.1) is 24.5 Å². The fourth-order valence-corrected chi connectivity index (χ4v) is 1.61. The first-order valence-corrected chi connectivity index (χ1v) is 5.13. The largest absolute Gasteiger partial charge is 0.469 e. The van der Waals surface area contributed by atoms with E-state index in [1.807, 2.05) is 17.7 Å². The first kappa shape index (κ1) is 11.3. The smallest absolute Gasteiger partial charge is 0.313 e. The number of aryl methyl sites for hydroxylation is 1. The van der Waals surface area contributed by atoms with Crippen molar-refractivity contribution in [3.8, 4) is 0 Å². The lowest BCUT2D eigenvalue weighted by Gasteiger charge is -2.00. The van der Waals surface area contributed by atoms with Gasteiger partial charge in [0, 0.05) is 12.6 Å². The molecule has 2 aromatic rings. The highest BCUT2D eigenvalue weighted by Gasteiger charge is 2.13. The number of rotatable bonds is 3. The van der Waals surface area contributed by atoms with Gasteiger partial charge in [-0.25, -0.2) is 4.98 Å². The van der Waals surface area contributed by atoms with Crippen molar-refractivity contribution in [2.75, 3.05) is 7.11 Å². The number of fused-ring (bicyclic) bond motifs is 1. The van der Waals surface area contributed by atoms with Gasteiger partial charge in [-0.3, -0.25) is 9.59 Å². The summed E-state index contributed by atoms with van der Waals surface area (Å²) in [5.74, 6) is -0.791. The number of carbonyl (C=O) groups excluding carboxylic acids is 2. The Labute approximate surface area is 98.0 Å². The van der Waals surface area contributed by atoms with E-state index in [2.05, 4.69) is 9.72 Å². The molecule has 2 rings (SSSR count). The lowest BCUT2D eigenvalue weighted by molar-refractivity contribution is -0.139. The molecule has 0 amide bonds. The summed E-state index contributed by atoms with van der Waals surface area (Å²) in [4.78, 5) is 26.9. The van der Waals surface area contributed by atoms with Crippen LogP contribution in [0.15, 0.2) is 24.5 Å². The summed E-state index contributed by atoms with van der Waals surface area (Å²) in [5, 5.41) is 0. The number of benzene rings is 1. The minimum atomic E-state index is -0.531. The van der Waals surface area contributed by atoms with Crippen LogP contribution in [0.4, 0.5) is 0 Å². The van der Waals surface area contributed by atoms with Crippen molar-refractivity contribution in [2.24, 2.45) is 7.05 Å². The summed E-state index contributed by atoms with van der Waals surface area (Å²) in [5.41, 5.74) is 2.16. The van der Waals surface area contributed by atoms with Crippen LogP contribution in [0.3, 0.4) is 0 Å². The number of hydrogen-bond acceptors (Lipinski definition) is 4. The highest BCUT2D eigenvalue weighted by Crippen LogP contribution is 2.15. The Morgan fingerprint density at radius 3 is 2.88 bits per heavy atom. The number of Topliss-reactive ketones (excluding diaryl/α,β-unsaturated/α-hetero) is 1. The number of imidazole rings is 1. The van der Waals surface area contributed by atoms with Crippen LogP contribution in [0.2, 0.25) is 0 Å².